The number of likely N-dealkylation sites (tertiary alicyclic amines) is 2. The molecule has 2 aliphatic heterocycles. The molecule has 3 rings (SSSR count). The number of hydrogen-bond acceptors (Lipinski definition) is 3. The molecule has 1 N–H and O–H groups in total. The summed E-state index contributed by atoms with van der Waals surface area (Å²) in [7, 11) is 1.64. The van der Waals surface area contributed by atoms with Crippen LogP contribution in [0.1, 0.15) is 37.3 Å². The Labute approximate surface area is 145 Å². The molecule has 2 aliphatic rings. The molecular weight excluding hydrogens is 327 g/mol. The van der Waals surface area contributed by atoms with Crippen molar-refractivity contribution in [2.24, 2.45) is 5.92 Å². The van der Waals surface area contributed by atoms with Crippen LogP contribution < -0.4 is 0 Å². The maximum atomic E-state index is 13.2. The molecule has 1 aromatic carbocycles. The van der Waals surface area contributed by atoms with E-state index in [4.69, 9.17) is 5.11 Å². The minimum atomic E-state index is -0.931. The van der Waals surface area contributed by atoms with Crippen LogP contribution >= 0.6 is 0 Å². The monoisotopic (exact) mass is 348 g/mol. The maximum absolute atomic E-state index is 13.2. The Morgan fingerprint density at radius 3 is 2.60 bits per heavy atom. The van der Waals surface area contributed by atoms with E-state index in [1.807, 2.05) is 0 Å². The van der Waals surface area contributed by atoms with Crippen LogP contribution in [0.5, 0.6) is 0 Å². The standard InChI is InChI=1S/C18H21FN2O4/c1-20-15(22)10-14(17(20)11-4-6-12(19)7-5-11)18(25)21-8-2-3-13(21)9-16(23)24/h4-7,13-14,17H,2-3,8-10H2,1H3,(H,23,24). The number of halogens is 1. The molecule has 2 saturated heterocycles. The number of amides is 2. The lowest BCUT2D eigenvalue weighted by Gasteiger charge is -2.30. The Hall–Kier alpha value is -2.44. The molecule has 0 aliphatic carbocycles. The summed E-state index contributed by atoms with van der Waals surface area (Å²) in [6.45, 7) is 0.515. The third-order valence-corrected chi connectivity index (χ3v) is 5.19. The average Bonchev–Trinajstić information content (AvgIpc) is 3.13. The first-order chi connectivity index (χ1) is 11.9. The number of benzene rings is 1. The van der Waals surface area contributed by atoms with Crippen molar-refractivity contribution in [1.82, 2.24) is 9.80 Å². The van der Waals surface area contributed by atoms with Gasteiger partial charge in [0.05, 0.1) is 18.4 Å². The molecule has 0 spiro atoms. The zero-order chi connectivity index (χ0) is 18.1. The minimum absolute atomic E-state index is 0.0799. The normalized spacial score (nSPS) is 26.3. The summed E-state index contributed by atoms with van der Waals surface area (Å²) in [6, 6.07) is 5.04. The Bertz CT molecular complexity index is 691. The van der Waals surface area contributed by atoms with Gasteiger partial charge in [-0.15, -0.1) is 0 Å². The summed E-state index contributed by atoms with van der Waals surface area (Å²) in [6.07, 6.45) is 1.44. The highest BCUT2D eigenvalue weighted by Gasteiger charge is 2.46. The summed E-state index contributed by atoms with van der Waals surface area (Å²) in [4.78, 5) is 39.4. The topological polar surface area (TPSA) is 77.9 Å². The van der Waals surface area contributed by atoms with Crippen LogP contribution in [-0.2, 0) is 14.4 Å². The third-order valence-electron chi connectivity index (χ3n) is 5.19. The van der Waals surface area contributed by atoms with Crippen LogP contribution in [0.3, 0.4) is 0 Å². The molecule has 0 radical (unpaired) electrons. The molecule has 3 unspecified atom stereocenters. The molecule has 134 valence electrons. The van der Waals surface area contributed by atoms with E-state index in [1.54, 1.807) is 24.1 Å². The van der Waals surface area contributed by atoms with Gasteiger partial charge in [0, 0.05) is 26.1 Å². The van der Waals surface area contributed by atoms with E-state index in [9.17, 15) is 18.8 Å². The number of aliphatic carboxylic acids is 1. The number of carboxylic acid groups (broad SMARTS) is 1. The smallest absolute Gasteiger partial charge is 0.305 e. The first-order valence-corrected chi connectivity index (χ1v) is 8.42. The van der Waals surface area contributed by atoms with E-state index in [0.29, 0.717) is 18.5 Å². The first-order valence-electron chi connectivity index (χ1n) is 8.42. The fourth-order valence-electron chi connectivity index (χ4n) is 3.96. The molecule has 0 aromatic heterocycles. The van der Waals surface area contributed by atoms with Gasteiger partial charge in [-0.1, -0.05) is 12.1 Å². The molecule has 0 bridgehead atoms. The molecule has 2 heterocycles. The van der Waals surface area contributed by atoms with Crippen molar-refractivity contribution in [2.75, 3.05) is 13.6 Å². The van der Waals surface area contributed by atoms with Crippen LogP contribution in [0.25, 0.3) is 0 Å². The van der Waals surface area contributed by atoms with Gasteiger partial charge >= 0.3 is 5.97 Å². The van der Waals surface area contributed by atoms with Crippen molar-refractivity contribution in [3.05, 3.63) is 35.6 Å². The second-order valence-corrected chi connectivity index (χ2v) is 6.74. The van der Waals surface area contributed by atoms with Crippen LogP contribution in [0.4, 0.5) is 4.39 Å². The number of hydrogen-bond donors (Lipinski definition) is 1. The Morgan fingerprint density at radius 2 is 1.96 bits per heavy atom. The summed E-state index contributed by atoms with van der Waals surface area (Å²) in [5.41, 5.74) is 0.710. The summed E-state index contributed by atoms with van der Waals surface area (Å²) >= 11 is 0. The SMILES string of the molecule is CN1C(=O)CC(C(=O)N2CCCC2CC(=O)O)C1c1ccc(F)cc1. The Kier molecular flexibility index (Phi) is 4.74. The van der Waals surface area contributed by atoms with E-state index < -0.39 is 17.9 Å². The molecule has 7 heteroatoms. The lowest BCUT2D eigenvalue weighted by Crippen LogP contribution is -2.42. The van der Waals surface area contributed by atoms with Crippen LogP contribution in [0, 0.1) is 11.7 Å². The van der Waals surface area contributed by atoms with Crippen LogP contribution in [0.2, 0.25) is 0 Å². The number of carbonyl (C=O) groups excluding carboxylic acids is 2. The van der Waals surface area contributed by atoms with Gasteiger partial charge < -0.3 is 14.9 Å². The largest absolute Gasteiger partial charge is 0.481 e. The lowest BCUT2D eigenvalue weighted by atomic mass is 9.92. The van der Waals surface area contributed by atoms with E-state index >= 15 is 0 Å². The van der Waals surface area contributed by atoms with Crippen LogP contribution in [-0.4, -0.2) is 52.3 Å². The highest BCUT2D eigenvalue weighted by molar-refractivity contribution is 5.90. The third kappa shape index (κ3) is 3.36. The zero-order valence-electron chi connectivity index (χ0n) is 14.0. The Balaban J connectivity index is 1.85. The maximum Gasteiger partial charge on any atom is 0.305 e. The lowest BCUT2D eigenvalue weighted by molar-refractivity contribution is -0.141. The number of nitrogens with zero attached hydrogens (tertiary/aromatic N) is 2. The minimum Gasteiger partial charge on any atom is -0.481 e. The Morgan fingerprint density at radius 1 is 1.28 bits per heavy atom. The van der Waals surface area contributed by atoms with E-state index in [1.165, 1.54) is 17.0 Å². The molecule has 3 atom stereocenters. The fourth-order valence-corrected chi connectivity index (χ4v) is 3.96. The van der Waals surface area contributed by atoms with Crippen molar-refractivity contribution in [2.45, 2.75) is 37.8 Å². The van der Waals surface area contributed by atoms with E-state index in [2.05, 4.69) is 0 Å². The van der Waals surface area contributed by atoms with Crippen molar-refractivity contribution in [3.63, 3.8) is 0 Å². The molecule has 25 heavy (non-hydrogen) atoms. The first kappa shape index (κ1) is 17.4. The highest BCUT2D eigenvalue weighted by atomic mass is 19.1. The number of carboxylic acids is 1. The predicted molar refractivity (Wildman–Crippen MR) is 87.0 cm³/mol. The van der Waals surface area contributed by atoms with Gasteiger partial charge in [-0.05, 0) is 30.5 Å². The number of rotatable bonds is 4. The van der Waals surface area contributed by atoms with Gasteiger partial charge in [0.15, 0.2) is 0 Å². The van der Waals surface area contributed by atoms with Crippen molar-refractivity contribution in [1.29, 1.82) is 0 Å². The molecule has 2 amide bonds. The highest BCUT2D eigenvalue weighted by Crippen LogP contribution is 2.39. The van der Waals surface area contributed by atoms with Gasteiger partial charge in [-0.2, -0.15) is 0 Å². The van der Waals surface area contributed by atoms with Crippen molar-refractivity contribution < 1.29 is 23.9 Å². The van der Waals surface area contributed by atoms with Gasteiger partial charge in [0.1, 0.15) is 5.82 Å². The van der Waals surface area contributed by atoms with Crippen LogP contribution in [0.15, 0.2) is 24.3 Å². The summed E-state index contributed by atoms with van der Waals surface area (Å²) in [5.74, 6) is -2.20. The molecule has 0 saturated carbocycles. The predicted octanol–water partition coefficient (Wildman–Crippen LogP) is 1.81. The molecule has 6 nitrogen and oxygen atoms in total. The number of carbonyl (C=O) groups is 3. The van der Waals surface area contributed by atoms with E-state index in [0.717, 1.165) is 6.42 Å². The van der Waals surface area contributed by atoms with Gasteiger partial charge in [-0.3, -0.25) is 14.4 Å². The molecule has 2 fully saturated rings. The quantitative estimate of drug-likeness (QED) is 0.900. The van der Waals surface area contributed by atoms with Gasteiger partial charge in [0.2, 0.25) is 11.8 Å². The second-order valence-electron chi connectivity index (χ2n) is 6.74. The van der Waals surface area contributed by atoms with E-state index in [-0.39, 0.29) is 36.5 Å². The summed E-state index contributed by atoms with van der Waals surface area (Å²) in [5, 5.41) is 9.04. The second kappa shape index (κ2) is 6.82. The van der Waals surface area contributed by atoms with Crippen molar-refractivity contribution in [3.8, 4) is 0 Å². The zero-order valence-corrected chi connectivity index (χ0v) is 14.0. The average molecular weight is 348 g/mol. The summed E-state index contributed by atoms with van der Waals surface area (Å²) < 4.78 is 13.2. The molecular formula is C18H21FN2O4. The molecule has 1 aromatic rings. The fraction of sp³-hybridized carbons (Fsp3) is 0.500. The van der Waals surface area contributed by atoms with Gasteiger partial charge in [-0.25, -0.2) is 4.39 Å². The van der Waals surface area contributed by atoms with Crippen molar-refractivity contribution >= 4 is 17.8 Å². The van der Waals surface area contributed by atoms with Gasteiger partial charge in [0.25, 0.3) is 0 Å².